The summed E-state index contributed by atoms with van der Waals surface area (Å²) >= 11 is 6.10. The molecule has 1 aliphatic rings. The Morgan fingerprint density at radius 3 is 2.85 bits per heavy atom. The molecule has 0 aromatic carbocycles. The van der Waals surface area contributed by atoms with Gasteiger partial charge in [-0.1, -0.05) is 11.6 Å². The van der Waals surface area contributed by atoms with E-state index in [-0.39, 0.29) is 6.10 Å². The first-order chi connectivity index (χ1) is 9.52. The van der Waals surface area contributed by atoms with Crippen LogP contribution in [-0.2, 0) is 0 Å². The number of aromatic nitrogens is 2. The first-order valence-corrected chi connectivity index (χ1v) is 7.26. The van der Waals surface area contributed by atoms with Gasteiger partial charge < -0.3 is 15.3 Å². The third-order valence-electron chi connectivity index (χ3n) is 3.59. The highest BCUT2D eigenvalue weighted by atomic mass is 35.5. The van der Waals surface area contributed by atoms with Crippen molar-refractivity contribution in [3.8, 4) is 0 Å². The van der Waals surface area contributed by atoms with E-state index in [1.54, 1.807) is 0 Å². The van der Waals surface area contributed by atoms with Crippen LogP contribution in [0.1, 0.15) is 13.8 Å². The van der Waals surface area contributed by atoms with E-state index in [9.17, 15) is 5.11 Å². The molecule has 7 heteroatoms. The van der Waals surface area contributed by atoms with Gasteiger partial charge in [0.2, 0.25) is 0 Å². The summed E-state index contributed by atoms with van der Waals surface area (Å²) in [7, 11) is 1.82. The number of aliphatic hydroxyl groups excluding tert-OH is 1. The van der Waals surface area contributed by atoms with E-state index < -0.39 is 0 Å². The minimum absolute atomic E-state index is 0.301. The van der Waals surface area contributed by atoms with E-state index in [0.29, 0.717) is 17.7 Å². The summed E-state index contributed by atoms with van der Waals surface area (Å²) in [6, 6.07) is 0.358. The van der Waals surface area contributed by atoms with Crippen LogP contribution < -0.4 is 10.2 Å². The standard InChI is InChI=1S/C13H22ClN5O/c1-9-6-19(5-4-18(9)7-10(2)20)13-11(15-3)12(14)16-8-17-13/h8-10,15,20H,4-7H2,1-3H3. The summed E-state index contributed by atoms with van der Waals surface area (Å²) in [5.74, 6) is 0.844. The Bertz CT molecular complexity index is 456. The largest absolute Gasteiger partial charge is 0.392 e. The lowest BCUT2D eigenvalue weighted by molar-refractivity contribution is 0.0959. The lowest BCUT2D eigenvalue weighted by Gasteiger charge is -2.41. The SMILES string of the molecule is CNc1c(Cl)ncnc1N1CCN(CC(C)O)C(C)C1. The lowest BCUT2D eigenvalue weighted by Crippen LogP contribution is -2.53. The average Bonchev–Trinajstić information content (AvgIpc) is 2.40. The van der Waals surface area contributed by atoms with Crippen molar-refractivity contribution in [1.29, 1.82) is 0 Å². The minimum atomic E-state index is -0.301. The molecule has 2 N–H and O–H groups in total. The Hall–Kier alpha value is -1.11. The summed E-state index contributed by atoms with van der Waals surface area (Å²) in [5, 5.41) is 13.0. The third-order valence-corrected chi connectivity index (χ3v) is 3.88. The average molecular weight is 300 g/mol. The number of piperazine rings is 1. The number of hydrogen-bond acceptors (Lipinski definition) is 6. The zero-order valence-electron chi connectivity index (χ0n) is 12.2. The van der Waals surface area contributed by atoms with Crippen molar-refractivity contribution in [2.24, 2.45) is 0 Å². The molecule has 1 fully saturated rings. The van der Waals surface area contributed by atoms with Gasteiger partial charge in [0.25, 0.3) is 0 Å². The van der Waals surface area contributed by atoms with E-state index in [0.717, 1.165) is 31.1 Å². The van der Waals surface area contributed by atoms with E-state index >= 15 is 0 Å². The Kier molecular flexibility index (Phi) is 5.01. The lowest BCUT2D eigenvalue weighted by atomic mass is 10.1. The predicted octanol–water partition coefficient (Wildman–Crippen LogP) is 1.06. The van der Waals surface area contributed by atoms with Crippen LogP contribution in [0.25, 0.3) is 0 Å². The van der Waals surface area contributed by atoms with Crippen molar-refractivity contribution < 1.29 is 5.11 Å². The monoisotopic (exact) mass is 299 g/mol. The van der Waals surface area contributed by atoms with Crippen molar-refractivity contribution in [3.05, 3.63) is 11.5 Å². The molecule has 1 saturated heterocycles. The van der Waals surface area contributed by atoms with Crippen molar-refractivity contribution >= 4 is 23.1 Å². The molecular weight excluding hydrogens is 278 g/mol. The summed E-state index contributed by atoms with van der Waals surface area (Å²) in [5.41, 5.74) is 0.769. The zero-order valence-corrected chi connectivity index (χ0v) is 12.9. The minimum Gasteiger partial charge on any atom is -0.392 e. The number of rotatable bonds is 4. The molecule has 6 nitrogen and oxygen atoms in total. The fourth-order valence-electron chi connectivity index (χ4n) is 2.61. The normalized spacial score (nSPS) is 21.9. The molecule has 0 bridgehead atoms. The van der Waals surface area contributed by atoms with Crippen LogP contribution in [0.2, 0.25) is 5.15 Å². The molecule has 2 atom stereocenters. The van der Waals surface area contributed by atoms with Gasteiger partial charge in [-0.2, -0.15) is 0 Å². The first-order valence-electron chi connectivity index (χ1n) is 6.88. The third kappa shape index (κ3) is 3.31. The maximum atomic E-state index is 9.52. The number of hydrogen-bond donors (Lipinski definition) is 2. The van der Waals surface area contributed by atoms with Gasteiger partial charge in [-0.25, -0.2) is 9.97 Å². The van der Waals surface area contributed by atoms with E-state index in [4.69, 9.17) is 11.6 Å². The second kappa shape index (κ2) is 6.56. The number of aliphatic hydroxyl groups is 1. The molecule has 20 heavy (non-hydrogen) atoms. The van der Waals surface area contributed by atoms with Crippen LogP contribution in [0, 0.1) is 0 Å². The van der Waals surface area contributed by atoms with Crippen LogP contribution in [-0.4, -0.2) is 65.3 Å². The number of β-amino-alcohol motifs (C(OH)–C–C–N with tert-alkyl or cyclic N) is 1. The van der Waals surface area contributed by atoms with Crippen molar-refractivity contribution in [1.82, 2.24) is 14.9 Å². The van der Waals surface area contributed by atoms with Crippen molar-refractivity contribution in [3.63, 3.8) is 0 Å². The van der Waals surface area contributed by atoms with Crippen LogP contribution in [0.5, 0.6) is 0 Å². The second-order valence-electron chi connectivity index (χ2n) is 5.25. The van der Waals surface area contributed by atoms with Gasteiger partial charge in [-0.15, -0.1) is 0 Å². The summed E-state index contributed by atoms with van der Waals surface area (Å²) in [6.45, 7) is 7.31. The van der Waals surface area contributed by atoms with Crippen molar-refractivity contribution in [2.45, 2.75) is 26.0 Å². The Morgan fingerprint density at radius 2 is 2.25 bits per heavy atom. The summed E-state index contributed by atoms with van der Waals surface area (Å²) < 4.78 is 0. The number of anilines is 2. The smallest absolute Gasteiger partial charge is 0.157 e. The van der Waals surface area contributed by atoms with Gasteiger partial charge in [0.15, 0.2) is 11.0 Å². The summed E-state index contributed by atoms with van der Waals surface area (Å²) in [4.78, 5) is 12.9. The molecule has 1 aliphatic heterocycles. The Balaban J connectivity index is 2.11. The Labute approximate surface area is 124 Å². The van der Waals surface area contributed by atoms with Gasteiger partial charge in [-0.3, -0.25) is 4.90 Å². The van der Waals surface area contributed by atoms with E-state index in [1.807, 2.05) is 14.0 Å². The van der Waals surface area contributed by atoms with Gasteiger partial charge in [0.1, 0.15) is 12.0 Å². The molecule has 0 radical (unpaired) electrons. The highest BCUT2D eigenvalue weighted by molar-refractivity contribution is 6.32. The Morgan fingerprint density at radius 1 is 1.50 bits per heavy atom. The van der Waals surface area contributed by atoms with Gasteiger partial charge in [0.05, 0.1) is 6.10 Å². The first kappa shape index (κ1) is 15.3. The van der Waals surface area contributed by atoms with Crippen LogP contribution >= 0.6 is 11.6 Å². The molecule has 0 saturated carbocycles. The fraction of sp³-hybridized carbons (Fsp3) is 0.692. The van der Waals surface area contributed by atoms with E-state index in [2.05, 4.69) is 32.0 Å². The number of halogens is 1. The molecule has 2 heterocycles. The fourth-order valence-corrected chi connectivity index (χ4v) is 2.83. The van der Waals surface area contributed by atoms with Gasteiger partial charge >= 0.3 is 0 Å². The molecule has 1 aromatic rings. The maximum absolute atomic E-state index is 9.52. The molecule has 112 valence electrons. The molecular formula is C13H22ClN5O. The highest BCUT2D eigenvalue weighted by Gasteiger charge is 2.27. The molecule has 0 spiro atoms. The predicted molar refractivity (Wildman–Crippen MR) is 81.5 cm³/mol. The van der Waals surface area contributed by atoms with Crippen LogP contribution in [0.3, 0.4) is 0 Å². The van der Waals surface area contributed by atoms with Gasteiger partial charge in [0, 0.05) is 39.3 Å². The summed E-state index contributed by atoms with van der Waals surface area (Å²) in [6.07, 6.45) is 1.19. The molecule has 0 amide bonds. The topological polar surface area (TPSA) is 64.5 Å². The maximum Gasteiger partial charge on any atom is 0.157 e. The number of nitrogens with one attached hydrogen (secondary N) is 1. The molecule has 2 rings (SSSR count). The molecule has 2 unspecified atom stereocenters. The van der Waals surface area contributed by atoms with E-state index in [1.165, 1.54) is 6.33 Å². The molecule has 1 aromatic heterocycles. The van der Waals surface area contributed by atoms with Crippen molar-refractivity contribution in [2.75, 3.05) is 43.4 Å². The van der Waals surface area contributed by atoms with Gasteiger partial charge in [-0.05, 0) is 13.8 Å². The van der Waals surface area contributed by atoms with Crippen LogP contribution in [0.4, 0.5) is 11.5 Å². The number of nitrogens with zero attached hydrogens (tertiary/aromatic N) is 4. The quantitative estimate of drug-likeness (QED) is 0.811. The molecule has 0 aliphatic carbocycles. The highest BCUT2D eigenvalue weighted by Crippen LogP contribution is 2.30. The second-order valence-corrected chi connectivity index (χ2v) is 5.61. The zero-order chi connectivity index (χ0) is 14.7. The van der Waals surface area contributed by atoms with Crippen LogP contribution in [0.15, 0.2) is 6.33 Å².